The number of benzene rings is 3. The highest BCUT2D eigenvalue weighted by Crippen LogP contribution is 2.19. The Bertz CT molecular complexity index is 1120. The lowest BCUT2D eigenvalue weighted by atomic mass is 10.2. The molecule has 1 aromatic heterocycles. The molecule has 0 aliphatic carbocycles. The summed E-state index contributed by atoms with van der Waals surface area (Å²) in [6.07, 6.45) is 0. The second-order valence-corrected chi connectivity index (χ2v) is 7.21. The van der Waals surface area contributed by atoms with Crippen molar-refractivity contribution in [2.24, 2.45) is 5.92 Å². The minimum Gasteiger partial charge on any atom is -0.493 e. The summed E-state index contributed by atoms with van der Waals surface area (Å²) in [7, 11) is 0. The van der Waals surface area contributed by atoms with Crippen LogP contribution in [-0.4, -0.2) is 27.5 Å². The molecular formula is C23H22N4O2. The topological polar surface area (TPSA) is 69.0 Å². The molecule has 0 atom stereocenters. The lowest BCUT2D eigenvalue weighted by Crippen LogP contribution is -2.12. The zero-order chi connectivity index (χ0) is 20.2. The van der Waals surface area contributed by atoms with Gasteiger partial charge in [-0.3, -0.25) is 4.79 Å². The van der Waals surface area contributed by atoms with E-state index in [1.165, 1.54) is 0 Å². The molecule has 6 heteroatoms. The first-order chi connectivity index (χ1) is 14.1. The molecule has 4 aromatic rings. The van der Waals surface area contributed by atoms with Gasteiger partial charge in [0.05, 0.1) is 12.3 Å². The first kappa shape index (κ1) is 18.7. The number of rotatable bonds is 6. The number of fused-ring (bicyclic) bond motifs is 1. The number of hydrogen-bond acceptors (Lipinski definition) is 4. The van der Waals surface area contributed by atoms with E-state index in [4.69, 9.17) is 4.74 Å². The van der Waals surface area contributed by atoms with Crippen LogP contribution in [0.2, 0.25) is 0 Å². The quantitative estimate of drug-likeness (QED) is 0.521. The van der Waals surface area contributed by atoms with Crippen molar-refractivity contribution in [3.63, 3.8) is 0 Å². The number of anilines is 1. The average molecular weight is 386 g/mol. The predicted octanol–water partition coefficient (Wildman–Crippen LogP) is 4.71. The maximum atomic E-state index is 12.6. The SMILES string of the molecule is CC(C)COc1ccc(C(=O)Nc2ccc3nn(-c4ccccc4)nc3c2)cc1. The molecule has 0 unspecified atom stereocenters. The number of hydrogen-bond donors (Lipinski definition) is 1. The van der Waals surface area contributed by atoms with Crippen molar-refractivity contribution in [1.29, 1.82) is 0 Å². The number of para-hydroxylation sites is 1. The van der Waals surface area contributed by atoms with Crippen LogP contribution in [0.5, 0.6) is 5.75 Å². The van der Waals surface area contributed by atoms with Crippen LogP contribution in [0.15, 0.2) is 72.8 Å². The van der Waals surface area contributed by atoms with Crippen molar-refractivity contribution in [3.05, 3.63) is 78.4 Å². The molecule has 0 fully saturated rings. The van der Waals surface area contributed by atoms with Crippen LogP contribution in [0.3, 0.4) is 0 Å². The monoisotopic (exact) mass is 386 g/mol. The van der Waals surface area contributed by atoms with E-state index in [1.807, 2.05) is 60.7 Å². The first-order valence-electron chi connectivity index (χ1n) is 9.55. The molecule has 4 rings (SSSR count). The van der Waals surface area contributed by atoms with E-state index in [-0.39, 0.29) is 5.91 Å². The molecule has 0 spiro atoms. The number of aromatic nitrogens is 3. The van der Waals surface area contributed by atoms with Gasteiger partial charge in [0, 0.05) is 11.3 Å². The number of carbonyl (C=O) groups excluding carboxylic acids is 1. The van der Waals surface area contributed by atoms with Gasteiger partial charge in [-0.05, 0) is 60.5 Å². The third-order valence-electron chi connectivity index (χ3n) is 4.33. The van der Waals surface area contributed by atoms with Crippen LogP contribution in [0.4, 0.5) is 5.69 Å². The van der Waals surface area contributed by atoms with E-state index < -0.39 is 0 Å². The molecule has 1 heterocycles. The van der Waals surface area contributed by atoms with E-state index >= 15 is 0 Å². The summed E-state index contributed by atoms with van der Waals surface area (Å²) < 4.78 is 5.66. The van der Waals surface area contributed by atoms with Crippen LogP contribution >= 0.6 is 0 Å². The normalized spacial score (nSPS) is 11.0. The first-order valence-corrected chi connectivity index (χ1v) is 9.55. The maximum Gasteiger partial charge on any atom is 0.255 e. The molecule has 0 saturated carbocycles. The summed E-state index contributed by atoms with van der Waals surface area (Å²) in [5.41, 5.74) is 3.59. The van der Waals surface area contributed by atoms with Crippen molar-refractivity contribution in [2.45, 2.75) is 13.8 Å². The van der Waals surface area contributed by atoms with E-state index in [1.54, 1.807) is 16.9 Å². The third-order valence-corrected chi connectivity index (χ3v) is 4.33. The van der Waals surface area contributed by atoms with Gasteiger partial charge >= 0.3 is 0 Å². The summed E-state index contributed by atoms with van der Waals surface area (Å²) in [6.45, 7) is 4.84. The van der Waals surface area contributed by atoms with Gasteiger partial charge in [-0.1, -0.05) is 32.0 Å². The van der Waals surface area contributed by atoms with Gasteiger partial charge in [-0.15, -0.1) is 10.2 Å². The Kier molecular flexibility index (Phi) is 5.24. The van der Waals surface area contributed by atoms with Crippen LogP contribution in [-0.2, 0) is 0 Å². The van der Waals surface area contributed by atoms with Crippen LogP contribution in [0, 0.1) is 5.92 Å². The zero-order valence-corrected chi connectivity index (χ0v) is 16.4. The molecule has 29 heavy (non-hydrogen) atoms. The molecule has 1 amide bonds. The molecular weight excluding hydrogens is 364 g/mol. The second kappa shape index (κ2) is 8.14. The number of carbonyl (C=O) groups is 1. The van der Waals surface area contributed by atoms with Gasteiger partial charge in [0.2, 0.25) is 0 Å². The maximum absolute atomic E-state index is 12.6. The van der Waals surface area contributed by atoms with Gasteiger partial charge in [0.1, 0.15) is 16.8 Å². The highest BCUT2D eigenvalue weighted by molar-refractivity contribution is 6.05. The van der Waals surface area contributed by atoms with Gasteiger partial charge < -0.3 is 10.1 Å². The molecule has 0 radical (unpaired) electrons. The fourth-order valence-corrected chi connectivity index (χ4v) is 2.84. The van der Waals surface area contributed by atoms with Crippen molar-refractivity contribution in [1.82, 2.24) is 15.0 Å². The van der Waals surface area contributed by atoms with Crippen molar-refractivity contribution >= 4 is 22.6 Å². The van der Waals surface area contributed by atoms with Gasteiger partial charge in [-0.2, -0.15) is 4.80 Å². The summed E-state index contributed by atoms with van der Waals surface area (Å²) >= 11 is 0. The van der Waals surface area contributed by atoms with Gasteiger partial charge in [0.25, 0.3) is 5.91 Å². The highest BCUT2D eigenvalue weighted by Gasteiger charge is 2.10. The minimum atomic E-state index is -0.185. The Balaban J connectivity index is 1.48. The molecule has 0 bridgehead atoms. The van der Waals surface area contributed by atoms with Gasteiger partial charge in [0.15, 0.2) is 0 Å². The standard InChI is InChI=1S/C23H22N4O2/c1-16(2)15-29-20-11-8-17(9-12-20)23(28)24-18-10-13-21-22(14-18)26-27(25-21)19-6-4-3-5-7-19/h3-14,16H,15H2,1-2H3,(H,24,28). The number of nitrogens with one attached hydrogen (secondary N) is 1. The lowest BCUT2D eigenvalue weighted by molar-refractivity contribution is 0.102. The Morgan fingerprint density at radius 3 is 2.41 bits per heavy atom. The van der Waals surface area contributed by atoms with E-state index in [0.29, 0.717) is 29.3 Å². The molecule has 0 saturated heterocycles. The third kappa shape index (κ3) is 4.43. The van der Waals surface area contributed by atoms with Crippen LogP contribution in [0.1, 0.15) is 24.2 Å². The molecule has 1 N–H and O–H groups in total. The van der Waals surface area contributed by atoms with Crippen LogP contribution in [0.25, 0.3) is 16.7 Å². The van der Waals surface area contributed by atoms with Crippen molar-refractivity contribution < 1.29 is 9.53 Å². The van der Waals surface area contributed by atoms with Gasteiger partial charge in [-0.25, -0.2) is 0 Å². The fraction of sp³-hybridized carbons (Fsp3) is 0.174. The molecule has 0 aliphatic heterocycles. The Labute approximate surface area is 169 Å². The fourth-order valence-electron chi connectivity index (χ4n) is 2.84. The molecule has 3 aromatic carbocycles. The summed E-state index contributed by atoms with van der Waals surface area (Å²) in [5, 5.41) is 11.9. The molecule has 0 aliphatic rings. The van der Waals surface area contributed by atoms with Crippen molar-refractivity contribution in [2.75, 3.05) is 11.9 Å². The van der Waals surface area contributed by atoms with E-state index in [9.17, 15) is 4.79 Å². The van der Waals surface area contributed by atoms with E-state index in [0.717, 1.165) is 17.0 Å². The van der Waals surface area contributed by atoms with E-state index in [2.05, 4.69) is 29.4 Å². The predicted molar refractivity (Wildman–Crippen MR) is 114 cm³/mol. The summed E-state index contributed by atoms with van der Waals surface area (Å²) in [4.78, 5) is 14.2. The highest BCUT2D eigenvalue weighted by atomic mass is 16.5. The minimum absolute atomic E-state index is 0.185. The Morgan fingerprint density at radius 1 is 0.966 bits per heavy atom. The number of ether oxygens (including phenoxy) is 1. The number of nitrogens with zero attached hydrogens (tertiary/aromatic N) is 3. The smallest absolute Gasteiger partial charge is 0.255 e. The largest absolute Gasteiger partial charge is 0.493 e. The second-order valence-electron chi connectivity index (χ2n) is 7.21. The molecule has 146 valence electrons. The Morgan fingerprint density at radius 2 is 1.69 bits per heavy atom. The summed E-state index contributed by atoms with van der Waals surface area (Å²) in [6, 6.07) is 22.3. The van der Waals surface area contributed by atoms with Crippen LogP contribution < -0.4 is 10.1 Å². The zero-order valence-electron chi connectivity index (χ0n) is 16.4. The molecule has 6 nitrogen and oxygen atoms in total. The van der Waals surface area contributed by atoms with Crippen molar-refractivity contribution in [3.8, 4) is 11.4 Å². The number of amides is 1. The average Bonchev–Trinajstić information content (AvgIpc) is 3.17. The summed E-state index contributed by atoms with van der Waals surface area (Å²) in [5.74, 6) is 1.03. The Hall–Kier alpha value is -3.67. The lowest BCUT2D eigenvalue weighted by Gasteiger charge is -2.09.